The van der Waals surface area contributed by atoms with Crippen LogP contribution in [0.15, 0.2) is 12.3 Å². The van der Waals surface area contributed by atoms with Gasteiger partial charge >= 0.3 is 0 Å². The summed E-state index contributed by atoms with van der Waals surface area (Å²) in [5.74, 6) is -0.0328. The molecule has 6 heteroatoms. The average molecular weight is 309 g/mol. The maximum Gasteiger partial charge on any atom is 0.256 e. The number of fused-ring (bicyclic) bond motifs is 1. The molecule has 1 amide bonds. The monoisotopic (exact) mass is 308 g/mol. The molecule has 2 aliphatic rings. The van der Waals surface area contributed by atoms with Crippen molar-refractivity contribution >= 4 is 23.2 Å². The quantitative estimate of drug-likeness (QED) is 0.806. The Hall–Kier alpha value is -1.33. The molecule has 2 unspecified atom stereocenters. The molecule has 0 aromatic carbocycles. The van der Waals surface area contributed by atoms with Gasteiger partial charge in [0.1, 0.15) is 5.15 Å². The number of nitrogens with zero attached hydrogens (tertiary/aromatic N) is 3. The number of amides is 1. The third kappa shape index (κ3) is 2.85. The number of nitrogen functional groups attached to an aromatic ring is 1. The highest BCUT2D eigenvalue weighted by atomic mass is 35.5. The third-order valence-electron chi connectivity index (χ3n) is 4.58. The van der Waals surface area contributed by atoms with E-state index in [-0.39, 0.29) is 11.9 Å². The summed E-state index contributed by atoms with van der Waals surface area (Å²) < 4.78 is 0. The summed E-state index contributed by atoms with van der Waals surface area (Å²) >= 11 is 5.90. The molecule has 21 heavy (non-hydrogen) atoms. The number of hydrogen-bond donors (Lipinski definition) is 1. The summed E-state index contributed by atoms with van der Waals surface area (Å²) in [4.78, 5) is 21.2. The number of halogens is 1. The van der Waals surface area contributed by atoms with Crippen LogP contribution in [0.2, 0.25) is 5.15 Å². The fourth-order valence-corrected chi connectivity index (χ4v) is 3.57. The molecule has 0 bridgehead atoms. The Labute approximate surface area is 130 Å². The van der Waals surface area contributed by atoms with Crippen LogP contribution in [0.4, 0.5) is 5.69 Å². The SMILES string of the molecule is CC1CN2CCCCC2CN1C(=O)c1cc(Cl)ncc1N. The lowest BCUT2D eigenvalue weighted by atomic mass is 9.96. The van der Waals surface area contributed by atoms with E-state index in [1.165, 1.54) is 25.5 Å². The Morgan fingerprint density at radius 1 is 1.43 bits per heavy atom. The van der Waals surface area contributed by atoms with Gasteiger partial charge in [0, 0.05) is 25.2 Å². The summed E-state index contributed by atoms with van der Waals surface area (Å²) in [6.07, 6.45) is 5.14. The molecule has 0 aliphatic carbocycles. The molecule has 2 saturated heterocycles. The van der Waals surface area contributed by atoms with Gasteiger partial charge in [0.25, 0.3) is 5.91 Å². The lowest BCUT2D eigenvalue weighted by Gasteiger charge is -2.47. The summed E-state index contributed by atoms with van der Waals surface area (Å²) in [7, 11) is 0. The van der Waals surface area contributed by atoms with Gasteiger partial charge in [-0.05, 0) is 32.4 Å². The molecule has 0 saturated carbocycles. The van der Waals surface area contributed by atoms with E-state index >= 15 is 0 Å². The van der Waals surface area contributed by atoms with Gasteiger partial charge in [-0.1, -0.05) is 18.0 Å². The summed E-state index contributed by atoms with van der Waals surface area (Å²) in [6.45, 7) is 4.97. The molecule has 1 aromatic rings. The molecule has 5 nitrogen and oxygen atoms in total. The third-order valence-corrected chi connectivity index (χ3v) is 4.79. The normalized spacial score (nSPS) is 26.5. The number of piperazine rings is 1. The van der Waals surface area contributed by atoms with E-state index in [1.807, 2.05) is 4.90 Å². The van der Waals surface area contributed by atoms with Crippen LogP contribution >= 0.6 is 11.6 Å². The highest BCUT2D eigenvalue weighted by Crippen LogP contribution is 2.26. The second kappa shape index (κ2) is 5.81. The first-order chi connectivity index (χ1) is 10.1. The molecular weight excluding hydrogens is 288 g/mol. The molecule has 2 aliphatic heterocycles. The number of aromatic nitrogens is 1. The van der Waals surface area contributed by atoms with Crippen LogP contribution in [-0.4, -0.2) is 52.4 Å². The largest absolute Gasteiger partial charge is 0.397 e. The first-order valence-electron chi connectivity index (χ1n) is 7.52. The van der Waals surface area contributed by atoms with Crippen molar-refractivity contribution in [2.24, 2.45) is 0 Å². The van der Waals surface area contributed by atoms with Crippen molar-refractivity contribution in [3.8, 4) is 0 Å². The number of nitrogens with two attached hydrogens (primary N) is 1. The maximum absolute atomic E-state index is 12.8. The predicted molar refractivity (Wildman–Crippen MR) is 83.4 cm³/mol. The van der Waals surface area contributed by atoms with Crippen LogP contribution in [0.3, 0.4) is 0 Å². The minimum Gasteiger partial charge on any atom is -0.397 e. The Balaban J connectivity index is 1.82. The smallest absolute Gasteiger partial charge is 0.256 e. The lowest BCUT2D eigenvalue weighted by molar-refractivity contribution is 0.0152. The number of carbonyl (C=O) groups excluding carboxylic acids is 1. The van der Waals surface area contributed by atoms with Crippen LogP contribution in [0.25, 0.3) is 0 Å². The Bertz CT molecular complexity index is 550. The van der Waals surface area contributed by atoms with Gasteiger partial charge in [-0.2, -0.15) is 0 Å². The highest BCUT2D eigenvalue weighted by Gasteiger charge is 2.35. The minimum absolute atomic E-state index is 0.0328. The van der Waals surface area contributed by atoms with Gasteiger partial charge in [0.2, 0.25) is 0 Å². The van der Waals surface area contributed by atoms with Gasteiger partial charge in [-0.25, -0.2) is 4.98 Å². The van der Waals surface area contributed by atoms with Gasteiger partial charge in [0.15, 0.2) is 0 Å². The predicted octanol–water partition coefficient (Wildman–Crippen LogP) is 2.02. The van der Waals surface area contributed by atoms with Gasteiger partial charge in [-0.15, -0.1) is 0 Å². The van der Waals surface area contributed by atoms with Crippen LogP contribution in [0.5, 0.6) is 0 Å². The lowest BCUT2D eigenvalue weighted by Crippen LogP contribution is -2.60. The zero-order valence-corrected chi connectivity index (χ0v) is 13.0. The molecule has 2 fully saturated rings. The Morgan fingerprint density at radius 3 is 3.05 bits per heavy atom. The van der Waals surface area contributed by atoms with E-state index in [0.717, 1.165) is 19.6 Å². The van der Waals surface area contributed by atoms with Gasteiger partial charge in [0.05, 0.1) is 17.4 Å². The van der Waals surface area contributed by atoms with Gasteiger partial charge < -0.3 is 10.6 Å². The minimum atomic E-state index is -0.0328. The number of anilines is 1. The topological polar surface area (TPSA) is 62.5 Å². The molecule has 2 atom stereocenters. The first kappa shape index (κ1) is 14.6. The Kier molecular flexibility index (Phi) is 4.04. The van der Waals surface area contributed by atoms with Gasteiger partial charge in [-0.3, -0.25) is 9.69 Å². The molecule has 0 spiro atoms. The first-order valence-corrected chi connectivity index (χ1v) is 7.90. The van der Waals surface area contributed by atoms with E-state index in [4.69, 9.17) is 17.3 Å². The maximum atomic E-state index is 12.8. The van der Waals surface area contributed by atoms with E-state index in [0.29, 0.717) is 22.4 Å². The van der Waals surface area contributed by atoms with E-state index in [9.17, 15) is 4.79 Å². The van der Waals surface area contributed by atoms with E-state index in [1.54, 1.807) is 6.07 Å². The van der Waals surface area contributed by atoms with Crippen molar-refractivity contribution in [1.29, 1.82) is 0 Å². The number of rotatable bonds is 1. The van der Waals surface area contributed by atoms with Crippen LogP contribution in [-0.2, 0) is 0 Å². The van der Waals surface area contributed by atoms with Crippen LogP contribution in [0, 0.1) is 0 Å². The summed E-state index contributed by atoms with van der Waals surface area (Å²) in [5, 5.41) is 0.302. The van der Waals surface area contributed by atoms with Crippen molar-refractivity contribution in [1.82, 2.24) is 14.8 Å². The van der Waals surface area contributed by atoms with E-state index in [2.05, 4.69) is 16.8 Å². The molecule has 1 aromatic heterocycles. The van der Waals surface area contributed by atoms with Crippen LogP contribution < -0.4 is 5.73 Å². The molecule has 2 N–H and O–H groups in total. The molecule has 3 rings (SSSR count). The zero-order chi connectivity index (χ0) is 15.0. The summed E-state index contributed by atoms with van der Waals surface area (Å²) in [5.41, 5.74) is 6.75. The highest BCUT2D eigenvalue weighted by molar-refractivity contribution is 6.29. The Morgan fingerprint density at radius 2 is 2.24 bits per heavy atom. The average Bonchev–Trinajstić information content (AvgIpc) is 2.48. The van der Waals surface area contributed by atoms with E-state index < -0.39 is 0 Å². The molecular formula is C15H21ClN4O. The van der Waals surface area contributed by atoms with Crippen molar-refractivity contribution in [2.45, 2.75) is 38.3 Å². The van der Waals surface area contributed by atoms with Crippen molar-refractivity contribution < 1.29 is 4.79 Å². The zero-order valence-electron chi connectivity index (χ0n) is 12.3. The van der Waals surface area contributed by atoms with Crippen LogP contribution in [0.1, 0.15) is 36.5 Å². The van der Waals surface area contributed by atoms with Crippen molar-refractivity contribution in [3.63, 3.8) is 0 Å². The number of carbonyl (C=O) groups is 1. The molecule has 0 radical (unpaired) electrons. The fourth-order valence-electron chi connectivity index (χ4n) is 3.42. The standard InChI is InChI=1S/C15H21ClN4O/c1-10-8-19-5-3-2-4-11(19)9-20(10)15(21)12-6-14(16)18-7-13(12)17/h6-7,10-11H,2-5,8-9,17H2,1H3. The summed E-state index contributed by atoms with van der Waals surface area (Å²) in [6, 6.07) is 2.25. The molecule has 3 heterocycles. The second-order valence-corrected chi connectivity index (χ2v) is 6.43. The number of piperidine rings is 1. The van der Waals surface area contributed by atoms with Crippen molar-refractivity contribution in [2.75, 3.05) is 25.4 Å². The molecule has 114 valence electrons. The number of pyridine rings is 1. The number of hydrogen-bond acceptors (Lipinski definition) is 4. The fraction of sp³-hybridized carbons (Fsp3) is 0.600. The second-order valence-electron chi connectivity index (χ2n) is 6.05. The van der Waals surface area contributed by atoms with Crippen molar-refractivity contribution in [3.05, 3.63) is 23.0 Å².